The fourth-order valence-corrected chi connectivity index (χ4v) is 4.16. The van der Waals surface area contributed by atoms with Gasteiger partial charge in [0, 0.05) is 19.1 Å². The van der Waals surface area contributed by atoms with E-state index in [2.05, 4.69) is 22.4 Å². The number of aryl methyl sites for hydroxylation is 1. The molecular weight excluding hydrogens is 304 g/mol. The lowest BCUT2D eigenvalue weighted by molar-refractivity contribution is 0.199. The number of hydrogen-bond acceptors (Lipinski definition) is 6. The van der Waals surface area contributed by atoms with E-state index >= 15 is 0 Å². The monoisotopic (exact) mass is 330 g/mol. The molecule has 1 aromatic heterocycles. The molecule has 126 valence electrons. The molecule has 1 fully saturated rings. The van der Waals surface area contributed by atoms with Gasteiger partial charge in [-0.2, -0.15) is 4.98 Å². The molecule has 1 aliphatic heterocycles. The van der Waals surface area contributed by atoms with Gasteiger partial charge in [-0.25, -0.2) is 12.7 Å². The molecule has 0 saturated carbocycles. The third kappa shape index (κ3) is 3.67. The molecule has 3 atom stereocenters. The van der Waals surface area contributed by atoms with Gasteiger partial charge in [-0.3, -0.25) is 0 Å². The molecule has 1 N–H and O–H groups in total. The maximum absolute atomic E-state index is 12.3. The molecule has 1 saturated heterocycles. The van der Waals surface area contributed by atoms with Crippen LogP contribution in [0.2, 0.25) is 0 Å². The van der Waals surface area contributed by atoms with Gasteiger partial charge in [0.15, 0.2) is 5.82 Å². The van der Waals surface area contributed by atoms with Crippen LogP contribution in [-0.4, -0.2) is 47.2 Å². The summed E-state index contributed by atoms with van der Waals surface area (Å²) in [5.41, 5.74) is 0. The van der Waals surface area contributed by atoms with Crippen molar-refractivity contribution in [3.05, 3.63) is 11.7 Å². The van der Waals surface area contributed by atoms with Gasteiger partial charge in [-0.1, -0.05) is 12.1 Å². The van der Waals surface area contributed by atoms with Crippen LogP contribution in [0.25, 0.3) is 0 Å². The van der Waals surface area contributed by atoms with Crippen LogP contribution in [0.3, 0.4) is 0 Å². The van der Waals surface area contributed by atoms with E-state index in [1.165, 1.54) is 0 Å². The number of rotatable bonds is 5. The lowest BCUT2D eigenvalue weighted by Crippen LogP contribution is -2.51. The zero-order valence-corrected chi connectivity index (χ0v) is 14.7. The van der Waals surface area contributed by atoms with E-state index in [0.717, 1.165) is 6.42 Å². The first-order chi connectivity index (χ1) is 10.2. The summed E-state index contributed by atoms with van der Waals surface area (Å²) in [6, 6.07) is 0.197. The first kappa shape index (κ1) is 17.4. The minimum atomic E-state index is -3.17. The Morgan fingerprint density at radius 3 is 2.55 bits per heavy atom. The van der Waals surface area contributed by atoms with Crippen molar-refractivity contribution in [2.45, 2.75) is 58.4 Å². The van der Waals surface area contributed by atoms with Crippen LogP contribution in [0.1, 0.15) is 51.9 Å². The quantitative estimate of drug-likeness (QED) is 0.879. The highest BCUT2D eigenvalue weighted by Gasteiger charge is 2.34. The van der Waals surface area contributed by atoms with Crippen LogP contribution >= 0.6 is 0 Å². The number of nitrogens with one attached hydrogen (secondary N) is 1. The van der Waals surface area contributed by atoms with Crippen molar-refractivity contribution in [1.82, 2.24) is 19.8 Å². The molecule has 0 bridgehead atoms. The Balaban J connectivity index is 1.96. The predicted molar refractivity (Wildman–Crippen MR) is 83.8 cm³/mol. The zero-order valence-electron chi connectivity index (χ0n) is 13.9. The van der Waals surface area contributed by atoms with Gasteiger partial charge in [0.1, 0.15) is 0 Å². The number of aromatic nitrogens is 2. The third-order valence-electron chi connectivity index (χ3n) is 4.20. The van der Waals surface area contributed by atoms with Crippen LogP contribution in [0.5, 0.6) is 0 Å². The van der Waals surface area contributed by atoms with Crippen LogP contribution in [0.15, 0.2) is 4.52 Å². The van der Waals surface area contributed by atoms with Gasteiger partial charge in [0.2, 0.25) is 15.9 Å². The SMILES string of the molecule is Cc1noc([C@H](C)N[C@H]2CCN(S(=O)(=O)C(C)C)C[C@@H]2C)n1. The Kier molecular flexibility index (Phi) is 5.24. The largest absolute Gasteiger partial charge is 0.338 e. The molecule has 0 amide bonds. The smallest absolute Gasteiger partial charge is 0.243 e. The summed E-state index contributed by atoms with van der Waals surface area (Å²) in [4.78, 5) is 4.23. The van der Waals surface area contributed by atoms with E-state index < -0.39 is 10.0 Å². The molecule has 1 aromatic rings. The second-order valence-electron chi connectivity index (χ2n) is 6.39. The highest BCUT2D eigenvalue weighted by Crippen LogP contribution is 2.23. The van der Waals surface area contributed by atoms with Crippen LogP contribution in [0.4, 0.5) is 0 Å². The van der Waals surface area contributed by atoms with Crippen molar-refractivity contribution in [2.24, 2.45) is 5.92 Å². The minimum absolute atomic E-state index is 0.0399. The van der Waals surface area contributed by atoms with Crippen LogP contribution in [-0.2, 0) is 10.0 Å². The average molecular weight is 330 g/mol. The van der Waals surface area contributed by atoms with E-state index in [1.807, 2.05) is 6.92 Å². The summed E-state index contributed by atoms with van der Waals surface area (Å²) in [5.74, 6) is 1.42. The van der Waals surface area contributed by atoms with Crippen molar-refractivity contribution >= 4 is 10.0 Å². The highest BCUT2D eigenvalue weighted by atomic mass is 32.2. The van der Waals surface area contributed by atoms with Gasteiger partial charge in [0.25, 0.3) is 0 Å². The molecule has 8 heteroatoms. The molecule has 0 aromatic carbocycles. The number of piperidine rings is 1. The average Bonchev–Trinajstić information content (AvgIpc) is 2.87. The molecule has 22 heavy (non-hydrogen) atoms. The lowest BCUT2D eigenvalue weighted by atomic mass is 9.94. The van der Waals surface area contributed by atoms with Crippen molar-refractivity contribution < 1.29 is 12.9 Å². The minimum Gasteiger partial charge on any atom is -0.338 e. The fourth-order valence-electron chi connectivity index (χ4n) is 2.77. The Morgan fingerprint density at radius 2 is 2.05 bits per heavy atom. The lowest BCUT2D eigenvalue weighted by Gasteiger charge is -2.38. The van der Waals surface area contributed by atoms with Crippen molar-refractivity contribution in [3.63, 3.8) is 0 Å². The predicted octanol–water partition coefficient (Wildman–Crippen LogP) is 1.48. The number of hydrogen-bond donors (Lipinski definition) is 1. The van der Waals surface area contributed by atoms with Gasteiger partial charge in [-0.15, -0.1) is 0 Å². The van der Waals surface area contributed by atoms with Gasteiger partial charge >= 0.3 is 0 Å². The molecule has 0 unspecified atom stereocenters. The number of sulfonamides is 1. The molecule has 2 heterocycles. The molecule has 1 aliphatic rings. The molecule has 0 aliphatic carbocycles. The molecule has 7 nitrogen and oxygen atoms in total. The second kappa shape index (κ2) is 6.64. The fraction of sp³-hybridized carbons (Fsp3) is 0.857. The van der Waals surface area contributed by atoms with Crippen LogP contribution in [0, 0.1) is 12.8 Å². The van der Waals surface area contributed by atoms with Crippen molar-refractivity contribution in [1.29, 1.82) is 0 Å². The topological polar surface area (TPSA) is 88.3 Å². The summed E-state index contributed by atoms with van der Waals surface area (Å²) < 4.78 is 31.3. The standard InChI is InChI=1S/C14H26N4O3S/c1-9(2)22(19,20)18-7-6-13(10(3)8-18)15-11(4)14-16-12(5)17-21-14/h9-11,13,15H,6-8H2,1-5H3/t10-,11-,13-/m0/s1. The zero-order chi connectivity index (χ0) is 16.5. The van der Waals surface area contributed by atoms with E-state index in [1.54, 1.807) is 25.1 Å². The van der Waals surface area contributed by atoms with Crippen LogP contribution < -0.4 is 5.32 Å². The number of nitrogens with zero attached hydrogens (tertiary/aromatic N) is 3. The second-order valence-corrected chi connectivity index (χ2v) is 8.88. The molecular formula is C14H26N4O3S. The van der Waals surface area contributed by atoms with E-state index in [0.29, 0.717) is 24.8 Å². The maximum atomic E-state index is 12.3. The first-order valence-corrected chi connectivity index (χ1v) is 9.27. The Labute approximate surface area is 132 Å². The van der Waals surface area contributed by atoms with E-state index in [9.17, 15) is 8.42 Å². The summed E-state index contributed by atoms with van der Waals surface area (Å²) in [6.45, 7) is 10.4. The third-order valence-corrected chi connectivity index (χ3v) is 6.44. The van der Waals surface area contributed by atoms with Gasteiger partial charge in [-0.05, 0) is 40.0 Å². The molecule has 0 radical (unpaired) electrons. The normalized spacial score (nSPS) is 25.5. The Morgan fingerprint density at radius 1 is 1.36 bits per heavy atom. The molecule has 0 spiro atoms. The Bertz CT molecular complexity index is 599. The maximum Gasteiger partial charge on any atom is 0.243 e. The Hall–Kier alpha value is -0.990. The van der Waals surface area contributed by atoms with E-state index in [4.69, 9.17) is 4.52 Å². The van der Waals surface area contributed by atoms with Gasteiger partial charge < -0.3 is 9.84 Å². The van der Waals surface area contributed by atoms with E-state index in [-0.39, 0.29) is 23.3 Å². The van der Waals surface area contributed by atoms with Crippen molar-refractivity contribution in [2.75, 3.05) is 13.1 Å². The molecule has 2 rings (SSSR count). The van der Waals surface area contributed by atoms with Gasteiger partial charge in [0.05, 0.1) is 11.3 Å². The van der Waals surface area contributed by atoms with Crippen molar-refractivity contribution in [3.8, 4) is 0 Å². The first-order valence-electron chi connectivity index (χ1n) is 7.77. The summed E-state index contributed by atoms with van der Waals surface area (Å²) in [6.07, 6.45) is 0.782. The summed E-state index contributed by atoms with van der Waals surface area (Å²) in [7, 11) is -3.17. The highest BCUT2D eigenvalue weighted by molar-refractivity contribution is 7.89. The summed E-state index contributed by atoms with van der Waals surface area (Å²) >= 11 is 0. The summed E-state index contributed by atoms with van der Waals surface area (Å²) in [5, 5.41) is 6.91.